The molecule has 0 aliphatic rings. The maximum Gasteiger partial charge on any atom is 0.224 e. The summed E-state index contributed by atoms with van der Waals surface area (Å²) in [5, 5.41) is 11.9. The predicted octanol–water partition coefficient (Wildman–Crippen LogP) is 3.20. The third-order valence-electron chi connectivity index (χ3n) is 3.03. The van der Waals surface area contributed by atoms with Gasteiger partial charge in [-0.1, -0.05) is 0 Å². The summed E-state index contributed by atoms with van der Waals surface area (Å²) in [5.74, 6) is 1.62. The largest absolute Gasteiger partial charge is 0.508 e. The average molecular weight is 301 g/mol. The number of methoxy groups -OCH3 is 1. The van der Waals surface area contributed by atoms with Crippen LogP contribution in [0.25, 0.3) is 0 Å². The van der Waals surface area contributed by atoms with E-state index in [0.717, 1.165) is 11.5 Å². The van der Waals surface area contributed by atoms with Crippen LogP contribution in [-0.4, -0.2) is 24.7 Å². The number of anilines is 1. The second-order valence-electron chi connectivity index (χ2n) is 4.72. The zero-order valence-electron chi connectivity index (χ0n) is 12.4. The number of hydrogen-bond acceptors (Lipinski definition) is 4. The number of benzene rings is 2. The van der Waals surface area contributed by atoms with E-state index in [9.17, 15) is 4.79 Å². The van der Waals surface area contributed by atoms with Crippen molar-refractivity contribution >= 4 is 11.6 Å². The normalized spacial score (nSPS) is 10.0. The molecule has 2 rings (SSSR count). The molecule has 0 aromatic heterocycles. The van der Waals surface area contributed by atoms with Crippen molar-refractivity contribution in [2.24, 2.45) is 0 Å². The minimum atomic E-state index is -0.0796. The van der Waals surface area contributed by atoms with Gasteiger partial charge in [0.25, 0.3) is 0 Å². The highest BCUT2D eigenvalue weighted by Gasteiger charge is 2.03. The Morgan fingerprint density at radius 2 is 1.68 bits per heavy atom. The summed E-state index contributed by atoms with van der Waals surface area (Å²) < 4.78 is 10.6. The number of hydrogen-bond donors (Lipinski definition) is 2. The fourth-order valence-electron chi connectivity index (χ4n) is 1.86. The molecule has 22 heavy (non-hydrogen) atoms. The molecule has 0 heterocycles. The minimum absolute atomic E-state index is 0.0796. The van der Waals surface area contributed by atoms with Gasteiger partial charge in [0.15, 0.2) is 0 Å². The van der Waals surface area contributed by atoms with E-state index < -0.39 is 0 Å². The summed E-state index contributed by atoms with van der Waals surface area (Å²) in [7, 11) is 1.61. The number of nitrogens with one attached hydrogen (secondary N) is 1. The molecule has 0 unspecified atom stereocenters. The Morgan fingerprint density at radius 3 is 2.32 bits per heavy atom. The predicted molar refractivity (Wildman–Crippen MR) is 84.5 cm³/mol. The van der Waals surface area contributed by atoms with Crippen LogP contribution in [-0.2, 0) is 4.79 Å². The topological polar surface area (TPSA) is 67.8 Å². The Morgan fingerprint density at radius 1 is 1.05 bits per heavy atom. The van der Waals surface area contributed by atoms with Crippen LogP contribution in [0.1, 0.15) is 12.8 Å². The van der Waals surface area contributed by atoms with Crippen molar-refractivity contribution in [2.75, 3.05) is 19.0 Å². The van der Waals surface area contributed by atoms with Gasteiger partial charge in [0, 0.05) is 12.1 Å². The summed E-state index contributed by atoms with van der Waals surface area (Å²) in [6, 6.07) is 13.7. The lowest BCUT2D eigenvalue weighted by Gasteiger charge is -2.08. The molecule has 0 aliphatic carbocycles. The lowest BCUT2D eigenvalue weighted by Crippen LogP contribution is -2.12. The number of aromatic hydroxyl groups is 1. The molecule has 5 heteroatoms. The lowest BCUT2D eigenvalue weighted by atomic mass is 10.2. The number of phenols is 1. The molecule has 0 bridgehead atoms. The van der Waals surface area contributed by atoms with E-state index >= 15 is 0 Å². The van der Waals surface area contributed by atoms with Crippen LogP contribution < -0.4 is 14.8 Å². The number of rotatable bonds is 7. The maximum absolute atomic E-state index is 11.7. The first-order chi connectivity index (χ1) is 10.7. The third-order valence-corrected chi connectivity index (χ3v) is 3.03. The van der Waals surface area contributed by atoms with Crippen molar-refractivity contribution in [3.05, 3.63) is 48.5 Å². The van der Waals surface area contributed by atoms with E-state index in [1.807, 2.05) is 24.3 Å². The van der Waals surface area contributed by atoms with Crippen molar-refractivity contribution < 1.29 is 19.4 Å². The van der Waals surface area contributed by atoms with Gasteiger partial charge in [-0.2, -0.15) is 0 Å². The molecule has 0 atom stereocenters. The van der Waals surface area contributed by atoms with Crippen LogP contribution in [0, 0.1) is 0 Å². The first-order valence-corrected chi connectivity index (χ1v) is 7.03. The average Bonchev–Trinajstić information content (AvgIpc) is 2.54. The van der Waals surface area contributed by atoms with Crippen molar-refractivity contribution in [1.29, 1.82) is 0 Å². The number of amides is 1. The second-order valence-corrected chi connectivity index (χ2v) is 4.72. The van der Waals surface area contributed by atoms with Gasteiger partial charge in [0.05, 0.1) is 13.7 Å². The zero-order valence-corrected chi connectivity index (χ0v) is 12.4. The van der Waals surface area contributed by atoms with Crippen LogP contribution in [0.5, 0.6) is 17.2 Å². The Balaban J connectivity index is 1.67. The SMILES string of the molecule is COc1ccc(OCCCC(=O)Nc2ccc(O)cc2)cc1. The molecule has 2 aromatic rings. The van der Waals surface area contributed by atoms with E-state index in [2.05, 4.69) is 5.32 Å². The Labute approximate surface area is 129 Å². The summed E-state index contributed by atoms with van der Waals surface area (Å²) >= 11 is 0. The van der Waals surface area contributed by atoms with Gasteiger partial charge in [-0.15, -0.1) is 0 Å². The van der Waals surface area contributed by atoms with Gasteiger partial charge in [0.2, 0.25) is 5.91 Å². The molecular formula is C17H19NO4. The van der Waals surface area contributed by atoms with Gasteiger partial charge in [0.1, 0.15) is 17.2 Å². The Bertz CT molecular complexity index is 593. The molecule has 0 saturated heterocycles. The summed E-state index contributed by atoms with van der Waals surface area (Å²) in [5.41, 5.74) is 0.666. The van der Waals surface area contributed by atoms with Crippen LogP contribution in [0.15, 0.2) is 48.5 Å². The number of ether oxygens (including phenoxy) is 2. The van der Waals surface area contributed by atoms with Crippen molar-refractivity contribution in [3.8, 4) is 17.2 Å². The van der Waals surface area contributed by atoms with Gasteiger partial charge in [-0.3, -0.25) is 4.79 Å². The molecule has 2 aromatic carbocycles. The van der Waals surface area contributed by atoms with Crippen LogP contribution in [0.2, 0.25) is 0 Å². The molecule has 0 saturated carbocycles. The molecule has 2 N–H and O–H groups in total. The Kier molecular flexibility index (Phi) is 5.65. The molecule has 0 spiro atoms. The summed E-state index contributed by atoms with van der Waals surface area (Å²) in [6.07, 6.45) is 0.993. The second kappa shape index (κ2) is 7.93. The number of carbonyl (C=O) groups is 1. The molecule has 1 amide bonds. The molecule has 5 nitrogen and oxygen atoms in total. The van der Waals surface area contributed by atoms with Crippen molar-refractivity contribution in [2.45, 2.75) is 12.8 Å². The van der Waals surface area contributed by atoms with Gasteiger partial charge in [-0.05, 0) is 55.0 Å². The summed E-state index contributed by atoms with van der Waals surface area (Å²) in [4.78, 5) is 11.7. The van der Waals surface area contributed by atoms with Crippen LogP contribution >= 0.6 is 0 Å². The highest BCUT2D eigenvalue weighted by molar-refractivity contribution is 5.90. The molecule has 0 fully saturated rings. The zero-order chi connectivity index (χ0) is 15.8. The monoisotopic (exact) mass is 301 g/mol. The van der Waals surface area contributed by atoms with E-state index in [-0.39, 0.29) is 11.7 Å². The molecular weight excluding hydrogens is 282 g/mol. The van der Waals surface area contributed by atoms with Gasteiger partial charge in [-0.25, -0.2) is 0 Å². The van der Waals surface area contributed by atoms with Gasteiger partial charge < -0.3 is 19.9 Å². The summed E-state index contributed by atoms with van der Waals surface area (Å²) in [6.45, 7) is 0.468. The van der Waals surface area contributed by atoms with Crippen LogP contribution in [0.3, 0.4) is 0 Å². The highest BCUT2D eigenvalue weighted by atomic mass is 16.5. The third kappa shape index (κ3) is 5.01. The van der Waals surface area contributed by atoms with E-state index in [0.29, 0.717) is 25.1 Å². The molecule has 116 valence electrons. The number of carbonyl (C=O) groups excluding carboxylic acids is 1. The smallest absolute Gasteiger partial charge is 0.224 e. The van der Waals surface area contributed by atoms with Crippen molar-refractivity contribution in [3.63, 3.8) is 0 Å². The lowest BCUT2D eigenvalue weighted by molar-refractivity contribution is -0.116. The first-order valence-electron chi connectivity index (χ1n) is 7.03. The van der Waals surface area contributed by atoms with Gasteiger partial charge >= 0.3 is 0 Å². The van der Waals surface area contributed by atoms with E-state index in [4.69, 9.17) is 14.6 Å². The first kappa shape index (κ1) is 15.7. The highest BCUT2D eigenvalue weighted by Crippen LogP contribution is 2.17. The van der Waals surface area contributed by atoms with Crippen LogP contribution in [0.4, 0.5) is 5.69 Å². The van der Waals surface area contributed by atoms with Crippen molar-refractivity contribution in [1.82, 2.24) is 0 Å². The Hall–Kier alpha value is -2.69. The number of phenolic OH excluding ortho intramolecular Hbond substituents is 1. The fourth-order valence-corrected chi connectivity index (χ4v) is 1.86. The minimum Gasteiger partial charge on any atom is -0.508 e. The van der Waals surface area contributed by atoms with E-state index in [1.165, 1.54) is 12.1 Å². The maximum atomic E-state index is 11.7. The molecule has 0 radical (unpaired) electrons. The van der Waals surface area contributed by atoms with E-state index in [1.54, 1.807) is 19.2 Å². The quantitative estimate of drug-likeness (QED) is 0.609. The fraction of sp³-hybridized carbons (Fsp3) is 0.235. The molecule has 0 aliphatic heterocycles. The standard InChI is InChI=1S/C17H19NO4/c1-21-15-8-10-16(11-9-15)22-12-2-3-17(20)18-13-4-6-14(19)7-5-13/h4-11,19H,2-3,12H2,1H3,(H,18,20).